The predicted octanol–water partition coefficient (Wildman–Crippen LogP) is 2.77. The Morgan fingerprint density at radius 3 is 2.50 bits per heavy atom. The smallest absolute Gasteiger partial charge is 0.252 e. The molecule has 0 aliphatic carbocycles. The van der Waals surface area contributed by atoms with E-state index in [-0.39, 0.29) is 18.6 Å². The van der Waals surface area contributed by atoms with Crippen molar-refractivity contribution in [3.63, 3.8) is 0 Å². The molecular weight excluding hydrogens is 250 g/mol. The highest BCUT2D eigenvalue weighted by Crippen LogP contribution is 2.15. The Hall–Kier alpha value is -2.13. The molecule has 1 atom stereocenters. The molecule has 2 N–H and O–H groups in total. The van der Waals surface area contributed by atoms with E-state index in [9.17, 15) is 9.90 Å². The van der Waals surface area contributed by atoms with Crippen LogP contribution in [-0.4, -0.2) is 17.6 Å². The van der Waals surface area contributed by atoms with Gasteiger partial charge in [0.25, 0.3) is 5.91 Å². The summed E-state index contributed by atoms with van der Waals surface area (Å²) >= 11 is 0. The fraction of sp³-hybridized carbons (Fsp3) is 0.235. The summed E-state index contributed by atoms with van der Waals surface area (Å²) in [4.78, 5) is 12.3. The van der Waals surface area contributed by atoms with E-state index < -0.39 is 0 Å². The van der Waals surface area contributed by atoms with Crippen molar-refractivity contribution in [2.75, 3.05) is 6.61 Å². The number of aliphatic hydroxyl groups is 1. The number of hydrogen-bond acceptors (Lipinski definition) is 2. The predicted molar refractivity (Wildman–Crippen MR) is 79.7 cm³/mol. The second-order valence-electron chi connectivity index (χ2n) is 4.94. The number of hydrogen-bond donors (Lipinski definition) is 2. The van der Waals surface area contributed by atoms with Gasteiger partial charge in [-0.05, 0) is 31.0 Å². The molecule has 2 aromatic rings. The molecule has 3 nitrogen and oxygen atoms in total. The van der Waals surface area contributed by atoms with Crippen molar-refractivity contribution in [2.45, 2.75) is 19.9 Å². The van der Waals surface area contributed by atoms with Crippen LogP contribution >= 0.6 is 0 Å². The number of carbonyl (C=O) groups is 1. The van der Waals surface area contributed by atoms with Crippen molar-refractivity contribution in [3.05, 3.63) is 70.8 Å². The van der Waals surface area contributed by atoms with E-state index in [0.29, 0.717) is 5.56 Å². The first-order valence-corrected chi connectivity index (χ1v) is 6.65. The van der Waals surface area contributed by atoms with Gasteiger partial charge < -0.3 is 10.4 Å². The van der Waals surface area contributed by atoms with Gasteiger partial charge in [0.05, 0.1) is 12.6 Å². The Morgan fingerprint density at radius 1 is 1.15 bits per heavy atom. The van der Waals surface area contributed by atoms with Crippen LogP contribution in [0.2, 0.25) is 0 Å². The van der Waals surface area contributed by atoms with Gasteiger partial charge in [0.1, 0.15) is 0 Å². The zero-order valence-electron chi connectivity index (χ0n) is 11.8. The maximum atomic E-state index is 12.3. The summed E-state index contributed by atoms with van der Waals surface area (Å²) in [6.45, 7) is 3.74. The standard InChI is InChI=1S/C17H19NO2/c1-12-8-9-13(2)15(10-12)17(20)18-16(11-19)14-6-4-3-5-7-14/h3-10,16,19H,11H2,1-2H3,(H,18,20)/t16-/m1/s1. The highest BCUT2D eigenvalue weighted by atomic mass is 16.3. The maximum absolute atomic E-state index is 12.3. The molecule has 20 heavy (non-hydrogen) atoms. The molecule has 0 aliphatic rings. The molecule has 0 radical (unpaired) electrons. The third-order valence-electron chi connectivity index (χ3n) is 3.33. The van der Waals surface area contributed by atoms with Gasteiger partial charge in [0.15, 0.2) is 0 Å². The lowest BCUT2D eigenvalue weighted by atomic mass is 10.0. The van der Waals surface area contributed by atoms with Crippen LogP contribution in [0.15, 0.2) is 48.5 Å². The molecule has 104 valence electrons. The second-order valence-corrected chi connectivity index (χ2v) is 4.94. The first kappa shape index (κ1) is 14.3. The largest absolute Gasteiger partial charge is 0.394 e. The van der Waals surface area contributed by atoms with Gasteiger partial charge in [-0.15, -0.1) is 0 Å². The van der Waals surface area contributed by atoms with Gasteiger partial charge in [-0.3, -0.25) is 4.79 Å². The summed E-state index contributed by atoms with van der Waals surface area (Å²) in [5.41, 5.74) is 3.52. The van der Waals surface area contributed by atoms with E-state index in [1.807, 2.05) is 62.4 Å². The number of carbonyl (C=O) groups excluding carboxylic acids is 1. The third kappa shape index (κ3) is 3.25. The lowest BCUT2D eigenvalue weighted by Crippen LogP contribution is -2.31. The average Bonchev–Trinajstić information content (AvgIpc) is 2.48. The van der Waals surface area contributed by atoms with Crippen molar-refractivity contribution in [1.82, 2.24) is 5.32 Å². The van der Waals surface area contributed by atoms with Crippen LogP contribution in [0.4, 0.5) is 0 Å². The zero-order chi connectivity index (χ0) is 14.5. The summed E-state index contributed by atoms with van der Waals surface area (Å²) in [5, 5.41) is 12.4. The molecule has 2 rings (SSSR count). The molecule has 2 aromatic carbocycles. The van der Waals surface area contributed by atoms with Crippen LogP contribution < -0.4 is 5.32 Å². The van der Waals surface area contributed by atoms with Crippen LogP contribution in [0, 0.1) is 13.8 Å². The number of nitrogens with one attached hydrogen (secondary N) is 1. The summed E-state index contributed by atoms with van der Waals surface area (Å²) in [5.74, 6) is -0.158. The molecule has 0 heterocycles. The highest BCUT2D eigenvalue weighted by Gasteiger charge is 2.16. The minimum atomic E-state index is -0.386. The SMILES string of the molecule is Cc1ccc(C)c(C(=O)N[C@H](CO)c2ccccc2)c1. The zero-order valence-corrected chi connectivity index (χ0v) is 11.8. The van der Waals surface area contributed by atoms with Crippen molar-refractivity contribution in [2.24, 2.45) is 0 Å². The Bertz CT molecular complexity index is 593. The molecular formula is C17H19NO2. The van der Waals surface area contributed by atoms with Crippen LogP contribution in [0.1, 0.15) is 33.1 Å². The number of rotatable bonds is 4. The van der Waals surface area contributed by atoms with E-state index in [1.165, 1.54) is 0 Å². The van der Waals surface area contributed by atoms with Crippen molar-refractivity contribution >= 4 is 5.91 Å². The average molecular weight is 269 g/mol. The molecule has 0 bridgehead atoms. The van der Waals surface area contributed by atoms with Gasteiger partial charge in [-0.2, -0.15) is 0 Å². The van der Waals surface area contributed by atoms with Crippen LogP contribution in [0.25, 0.3) is 0 Å². The summed E-state index contributed by atoms with van der Waals surface area (Å²) in [7, 11) is 0. The molecule has 0 fully saturated rings. The quantitative estimate of drug-likeness (QED) is 0.896. The Morgan fingerprint density at radius 2 is 1.85 bits per heavy atom. The molecule has 0 saturated heterocycles. The van der Waals surface area contributed by atoms with E-state index in [0.717, 1.165) is 16.7 Å². The lowest BCUT2D eigenvalue weighted by Gasteiger charge is -2.17. The molecule has 0 unspecified atom stereocenters. The Labute approximate surface area is 119 Å². The van der Waals surface area contributed by atoms with E-state index in [4.69, 9.17) is 0 Å². The second kappa shape index (κ2) is 6.35. The minimum absolute atomic E-state index is 0.124. The topological polar surface area (TPSA) is 49.3 Å². The minimum Gasteiger partial charge on any atom is -0.394 e. The number of aryl methyl sites for hydroxylation is 2. The van der Waals surface area contributed by atoms with E-state index >= 15 is 0 Å². The summed E-state index contributed by atoms with van der Waals surface area (Å²) in [6.07, 6.45) is 0. The fourth-order valence-electron chi connectivity index (χ4n) is 2.14. The van der Waals surface area contributed by atoms with Crippen molar-refractivity contribution in [3.8, 4) is 0 Å². The van der Waals surface area contributed by atoms with Crippen molar-refractivity contribution in [1.29, 1.82) is 0 Å². The Balaban J connectivity index is 2.20. The number of aliphatic hydroxyl groups excluding tert-OH is 1. The molecule has 3 heteroatoms. The van der Waals surface area contributed by atoms with Gasteiger partial charge in [-0.1, -0.05) is 48.0 Å². The van der Waals surface area contributed by atoms with E-state index in [2.05, 4.69) is 5.32 Å². The highest BCUT2D eigenvalue weighted by molar-refractivity contribution is 5.96. The number of amides is 1. The third-order valence-corrected chi connectivity index (χ3v) is 3.33. The van der Waals surface area contributed by atoms with Gasteiger partial charge >= 0.3 is 0 Å². The first-order chi connectivity index (χ1) is 9.61. The molecule has 0 spiro atoms. The maximum Gasteiger partial charge on any atom is 0.252 e. The van der Waals surface area contributed by atoms with Crippen LogP contribution in [0.5, 0.6) is 0 Å². The molecule has 0 aliphatic heterocycles. The van der Waals surface area contributed by atoms with Crippen LogP contribution in [-0.2, 0) is 0 Å². The Kier molecular flexibility index (Phi) is 4.53. The molecule has 0 saturated carbocycles. The fourth-order valence-corrected chi connectivity index (χ4v) is 2.14. The normalized spacial score (nSPS) is 11.9. The summed E-state index contributed by atoms with van der Waals surface area (Å²) in [6, 6.07) is 14.9. The molecule has 1 amide bonds. The van der Waals surface area contributed by atoms with Gasteiger partial charge in [0, 0.05) is 5.56 Å². The summed E-state index contributed by atoms with van der Waals surface area (Å²) < 4.78 is 0. The van der Waals surface area contributed by atoms with Gasteiger partial charge in [-0.25, -0.2) is 0 Å². The monoisotopic (exact) mass is 269 g/mol. The van der Waals surface area contributed by atoms with Crippen LogP contribution in [0.3, 0.4) is 0 Å². The van der Waals surface area contributed by atoms with Crippen molar-refractivity contribution < 1.29 is 9.90 Å². The lowest BCUT2D eigenvalue weighted by molar-refractivity contribution is 0.0915. The molecule has 0 aromatic heterocycles. The number of benzene rings is 2. The first-order valence-electron chi connectivity index (χ1n) is 6.65. The van der Waals surface area contributed by atoms with Gasteiger partial charge in [0.2, 0.25) is 0 Å². The van der Waals surface area contributed by atoms with E-state index in [1.54, 1.807) is 0 Å².